The molecule has 4 aliphatic rings. The van der Waals surface area contributed by atoms with E-state index in [1.165, 1.54) is 12.8 Å². The van der Waals surface area contributed by atoms with E-state index in [4.69, 9.17) is 5.73 Å². The van der Waals surface area contributed by atoms with Gasteiger partial charge in [0.05, 0.1) is 6.54 Å². The van der Waals surface area contributed by atoms with Crippen molar-refractivity contribution in [3.8, 4) is 0 Å². The Morgan fingerprint density at radius 2 is 1.93 bits per heavy atom. The monoisotopic (exact) mass is 416 g/mol. The Morgan fingerprint density at radius 3 is 2.67 bits per heavy atom. The number of primary amides is 1. The van der Waals surface area contributed by atoms with Gasteiger partial charge in [-0.2, -0.15) is 0 Å². The van der Waals surface area contributed by atoms with Gasteiger partial charge in [0.25, 0.3) is 0 Å². The minimum atomic E-state index is -0.491. The van der Waals surface area contributed by atoms with Crippen molar-refractivity contribution in [2.45, 2.75) is 64.8 Å². The van der Waals surface area contributed by atoms with Gasteiger partial charge >= 0.3 is 0 Å². The number of hydrazine groups is 1. The lowest BCUT2D eigenvalue weighted by molar-refractivity contribution is -0.139. The number of amides is 3. The maximum absolute atomic E-state index is 12.4. The Morgan fingerprint density at radius 1 is 1.17 bits per heavy atom. The zero-order chi connectivity index (χ0) is 21.7. The number of nitrogens with one attached hydrogen (secondary N) is 2. The summed E-state index contributed by atoms with van der Waals surface area (Å²) in [6.07, 6.45) is 11.3. The first-order valence-corrected chi connectivity index (χ1v) is 11.4. The first-order chi connectivity index (χ1) is 14.2. The van der Waals surface area contributed by atoms with Gasteiger partial charge in [0, 0.05) is 24.9 Å². The first kappa shape index (κ1) is 21.3. The normalized spacial score (nSPS) is 42.3. The zero-order valence-corrected chi connectivity index (χ0v) is 18.4. The molecular formula is C23H36N4O3. The van der Waals surface area contributed by atoms with Gasteiger partial charge in [0.1, 0.15) is 0 Å². The quantitative estimate of drug-likeness (QED) is 0.594. The van der Waals surface area contributed by atoms with E-state index >= 15 is 0 Å². The number of nitrogens with two attached hydrogens (primary N) is 1. The molecule has 0 aromatic rings. The van der Waals surface area contributed by atoms with Crippen LogP contribution in [0.25, 0.3) is 0 Å². The van der Waals surface area contributed by atoms with Crippen LogP contribution in [0.1, 0.15) is 58.8 Å². The highest BCUT2D eigenvalue weighted by molar-refractivity contribution is 5.89. The summed E-state index contributed by atoms with van der Waals surface area (Å²) in [5, 5.41) is 0. The molecule has 7 atom stereocenters. The van der Waals surface area contributed by atoms with Gasteiger partial charge in [-0.1, -0.05) is 19.9 Å². The number of hydrogen-bond donors (Lipinski definition) is 3. The molecule has 1 heterocycles. The number of carbonyl (C=O) groups excluding carboxylic acids is 3. The molecule has 0 spiro atoms. The highest BCUT2D eigenvalue weighted by Crippen LogP contribution is 2.65. The van der Waals surface area contributed by atoms with Crippen LogP contribution in [-0.2, 0) is 14.4 Å². The third kappa shape index (κ3) is 3.35. The molecule has 0 saturated heterocycles. The van der Waals surface area contributed by atoms with Crippen LogP contribution in [0.15, 0.2) is 12.2 Å². The highest BCUT2D eigenvalue weighted by Gasteiger charge is 2.60. The van der Waals surface area contributed by atoms with Gasteiger partial charge in [-0.25, -0.2) is 5.43 Å². The highest BCUT2D eigenvalue weighted by atomic mass is 16.2. The van der Waals surface area contributed by atoms with Crippen LogP contribution in [0.5, 0.6) is 0 Å². The molecule has 4 N–H and O–H groups in total. The largest absolute Gasteiger partial charge is 0.369 e. The summed E-state index contributed by atoms with van der Waals surface area (Å²) in [5.41, 5.74) is 10.6. The number of nitrogens with zero attached hydrogens (tertiary/aromatic N) is 1. The molecule has 3 saturated carbocycles. The van der Waals surface area contributed by atoms with E-state index in [-0.39, 0.29) is 29.2 Å². The second kappa shape index (κ2) is 7.66. The molecule has 1 aliphatic heterocycles. The molecule has 0 radical (unpaired) electrons. The molecule has 3 amide bonds. The van der Waals surface area contributed by atoms with Crippen molar-refractivity contribution in [3.05, 3.63) is 12.2 Å². The van der Waals surface area contributed by atoms with Gasteiger partial charge in [-0.3, -0.25) is 19.8 Å². The zero-order valence-electron chi connectivity index (χ0n) is 18.4. The molecule has 0 unspecified atom stereocenters. The van der Waals surface area contributed by atoms with Crippen molar-refractivity contribution in [1.29, 1.82) is 0 Å². The van der Waals surface area contributed by atoms with Crippen LogP contribution in [-0.4, -0.2) is 42.3 Å². The maximum Gasteiger partial charge on any atom is 0.246 e. The van der Waals surface area contributed by atoms with Crippen LogP contribution in [0.2, 0.25) is 0 Å². The van der Waals surface area contributed by atoms with Crippen LogP contribution < -0.4 is 16.6 Å². The topological polar surface area (TPSA) is 105 Å². The number of rotatable bonds is 5. The Balaban J connectivity index is 1.46. The summed E-state index contributed by atoms with van der Waals surface area (Å²) in [4.78, 5) is 37.4. The van der Waals surface area contributed by atoms with E-state index < -0.39 is 5.91 Å². The standard InChI is InChI=1S/C23H36N4O3/c1-22-10-8-17-15(5-7-18-23(17,2)11-9-21(30)27(18)3)16(22)6-4-14(22)12-20(29)26-25-13-19(24)28/h9,11,14-18,25H,4-8,10,12-13H2,1-3H3,(H2,24,28)(H,26,29)/t14-,15+,16+,17+,18-,22-,23-/m1/s1. The van der Waals surface area contributed by atoms with E-state index in [1.54, 1.807) is 6.08 Å². The van der Waals surface area contributed by atoms with Crippen LogP contribution in [0.4, 0.5) is 0 Å². The molecular weight excluding hydrogens is 380 g/mol. The lowest BCUT2D eigenvalue weighted by Crippen LogP contribution is -2.59. The number of likely N-dealkylation sites (N-methyl/N-ethyl adjacent to an activating group) is 1. The van der Waals surface area contributed by atoms with Gasteiger partial charge < -0.3 is 10.6 Å². The Kier molecular flexibility index (Phi) is 5.45. The molecule has 3 fully saturated rings. The molecule has 7 nitrogen and oxygen atoms in total. The van der Waals surface area contributed by atoms with E-state index in [2.05, 4.69) is 30.8 Å². The number of hydrogen-bond acceptors (Lipinski definition) is 4. The molecule has 0 aromatic heterocycles. The lowest BCUT2D eigenvalue weighted by atomic mass is 9.47. The second-order valence-corrected chi connectivity index (χ2v) is 10.5. The van der Waals surface area contributed by atoms with E-state index in [0.717, 1.165) is 25.7 Å². The predicted molar refractivity (Wildman–Crippen MR) is 114 cm³/mol. The fraction of sp³-hybridized carbons (Fsp3) is 0.783. The van der Waals surface area contributed by atoms with Crippen LogP contribution >= 0.6 is 0 Å². The Bertz CT molecular complexity index is 768. The third-order valence-corrected chi connectivity index (χ3v) is 9.25. The second-order valence-electron chi connectivity index (χ2n) is 10.5. The van der Waals surface area contributed by atoms with Crippen molar-refractivity contribution >= 4 is 17.7 Å². The van der Waals surface area contributed by atoms with Gasteiger partial charge in [0.2, 0.25) is 17.7 Å². The maximum atomic E-state index is 12.4. The summed E-state index contributed by atoms with van der Waals surface area (Å²) in [6.45, 7) is 4.71. The molecule has 166 valence electrons. The van der Waals surface area contributed by atoms with E-state index in [0.29, 0.717) is 36.1 Å². The summed E-state index contributed by atoms with van der Waals surface area (Å²) in [7, 11) is 1.96. The van der Waals surface area contributed by atoms with Crippen molar-refractivity contribution in [2.24, 2.45) is 40.2 Å². The average molecular weight is 417 g/mol. The van der Waals surface area contributed by atoms with Gasteiger partial charge in [-0.15, -0.1) is 0 Å². The molecule has 0 bridgehead atoms. The van der Waals surface area contributed by atoms with E-state index in [1.807, 2.05) is 11.9 Å². The molecule has 7 heteroatoms. The fourth-order valence-electron chi connectivity index (χ4n) is 7.69. The molecule has 0 aromatic carbocycles. The molecule has 3 aliphatic carbocycles. The minimum absolute atomic E-state index is 0.0513. The number of fused-ring (bicyclic) bond motifs is 5. The van der Waals surface area contributed by atoms with Gasteiger partial charge in [-0.05, 0) is 73.7 Å². The summed E-state index contributed by atoms with van der Waals surface area (Å²) < 4.78 is 0. The molecule has 4 rings (SSSR count). The lowest BCUT2D eigenvalue weighted by Gasteiger charge is -2.60. The number of carbonyl (C=O) groups is 3. The summed E-state index contributed by atoms with van der Waals surface area (Å²) >= 11 is 0. The fourth-order valence-corrected chi connectivity index (χ4v) is 7.69. The summed E-state index contributed by atoms with van der Waals surface area (Å²) in [6, 6.07) is 0.305. The Hall–Kier alpha value is -1.89. The SMILES string of the molecule is CN1C(=O)C=C[C@]2(C)[C@H]3CC[C@]4(C)[C@@H](CC(=O)NNCC(N)=O)CC[C@H]4[C@@H]3CC[C@@H]12. The predicted octanol–water partition coefficient (Wildman–Crippen LogP) is 1.74. The van der Waals surface area contributed by atoms with Crippen LogP contribution in [0.3, 0.4) is 0 Å². The van der Waals surface area contributed by atoms with Crippen LogP contribution in [0, 0.1) is 34.5 Å². The van der Waals surface area contributed by atoms with Crippen molar-refractivity contribution in [2.75, 3.05) is 13.6 Å². The smallest absolute Gasteiger partial charge is 0.246 e. The van der Waals surface area contributed by atoms with Crippen molar-refractivity contribution in [1.82, 2.24) is 15.8 Å². The van der Waals surface area contributed by atoms with Crippen molar-refractivity contribution < 1.29 is 14.4 Å². The van der Waals surface area contributed by atoms with E-state index in [9.17, 15) is 14.4 Å². The first-order valence-electron chi connectivity index (χ1n) is 11.4. The molecule has 30 heavy (non-hydrogen) atoms. The minimum Gasteiger partial charge on any atom is -0.369 e. The Labute approximate surface area is 179 Å². The third-order valence-electron chi connectivity index (χ3n) is 9.25. The average Bonchev–Trinajstić information content (AvgIpc) is 3.01. The van der Waals surface area contributed by atoms with Gasteiger partial charge in [0.15, 0.2) is 0 Å². The summed E-state index contributed by atoms with van der Waals surface area (Å²) in [5.74, 6) is 1.86. The van der Waals surface area contributed by atoms with Crippen molar-refractivity contribution in [3.63, 3.8) is 0 Å².